The minimum absolute atomic E-state index is 0.0739. The molecule has 0 saturated carbocycles. The molecule has 0 spiro atoms. The van der Waals surface area contributed by atoms with Crippen LogP contribution in [0.4, 0.5) is 4.39 Å². The van der Waals surface area contributed by atoms with Crippen LogP contribution in [0.25, 0.3) is 0 Å². The molecule has 0 aliphatic heterocycles. The van der Waals surface area contributed by atoms with Crippen LogP contribution in [0.15, 0.2) is 42.5 Å². The Morgan fingerprint density at radius 2 is 1.72 bits per heavy atom. The fourth-order valence-electron chi connectivity index (χ4n) is 1.66. The van der Waals surface area contributed by atoms with Crippen molar-refractivity contribution >= 4 is 27.5 Å². The fourth-order valence-corrected chi connectivity index (χ4v) is 2.38. The third kappa shape index (κ3) is 2.85. The van der Waals surface area contributed by atoms with E-state index in [1.54, 1.807) is 6.07 Å². The van der Waals surface area contributed by atoms with Gasteiger partial charge in [-0.05, 0) is 35.4 Å². The van der Waals surface area contributed by atoms with Gasteiger partial charge in [-0.3, -0.25) is 0 Å². The molecule has 0 fully saturated rings. The van der Waals surface area contributed by atoms with Crippen molar-refractivity contribution in [2.75, 3.05) is 7.11 Å². The smallest absolute Gasteiger partial charge is 0.165 e. The van der Waals surface area contributed by atoms with Gasteiger partial charge in [-0.15, -0.1) is 0 Å². The molecular formula is C14H11BrClFO. The Morgan fingerprint density at radius 1 is 1.11 bits per heavy atom. The molecular weight excluding hydrogens is 319 g/mol. The molecule has 18 heavy (non-hydrogen) atoms. The normalized spacial score (nSPS) is 12.2. The molecule has 4 heteroatoms. The predicted molar refractivity (Wildman–Crippen MR) is 75.2 cm³/mol. The first-order valence-corrected chi connectivity index (χ1v) is 6.64. The lowest BCUT2D eigenvalue weighted by Crippen LogP contribution is -1.95. The van der Waals surface area contributed by atoms with Gasteiger partial charge in [0.2, 0.25) is 0 Å². The molecule has 0 heterocycles. The molecule has 0 aromatic heterocycles. The highest BCUT2D eigenvalue weighted by Crippen LogP contribution is 2.33. The zero-order valence-corrected chi connectivity index (χ0v) is 12.0. The lowest BCUT2D eigenvalue weighted by atomic mass is 10.0. The van der Waals surface area contributed by atoms with Crippen molar-refractivity contribution in [3.8, 4) is 5.75 Å². The highest BCUT2D eigenvalue weighted by atomic mass is 79.9. The lowest BCUT2D eigenvalue weighted by Gasteiger charge is -2.12. The Morgan fingerprint density at radius 3 is 2.28 bits per heavy atom. The molecule has 0 saturated heterocycles. The highest BCUT2D eigenvalue weighted by molar-refractivity contribution is 9.09. The number of alkyl halides is 1. The molecule has 0 N–H and O–H groups in total. The number of hydrogen-bond donors (Lipinski definition) is 0. The van der Waals surface area contributed by atoms with Crippen LogP contribution in [0.5, 0.6) is 5.75 Å². The molecule has 1 atom stereocenters. The first-order chi connectivity index (χ1) is 8.61. The standard InChI is InChI=1S/C14H11BrClFO/c1-18-13-7-4-10(8-12(13)17)14(15)9-2-5-11(16)6-3-9/h2-8,14H,1H3. The number of halogens is 3. The van der Waals surface area contributed by atoms with Crippen molar-refractivity contribution in [2.45, 2.75) is 4.83 Å². The van der Waals surface area contributed by atoms with Gasteiger partial charge in [0.1, 0.15) is 0 Å². The molecule has 0 bridgehead atoms. The first-order valence-electron chi connectivity index (χ1n) is 5.35. The van der Waals surface area contributed by atoms with Crippen LogP contribution >= 0.6 is 27.5 Å². The van der Waals surface area contributed by atoms with Crippen molar-refractivity contribution < 1.29 is 9.13 Å². The van der Waals surface area contributed by atoms with Crippen molar-refractivity contribution in [1.29, 1.82) is 0 Å². The molecule has 0 aliphatic carbocycles. The molecule has 0 aliphatic rings. The second-order valence-corrected chi connectivity index (χ2v) is 5.16. The average molecular weight is 330 g/mol. The van der Waals surface area contributed by atoms with E-state index >= 15 is 0 Å². The van der Waals surface area contributed by atoms with Crippen molar-refractivity contribution in [3.63, 3.8) is 0 Å². The van der Waals surface area contributed by atoms with Gasteiger partial charge in [0, 0.05) is 5.02 Å². The summed E-state index contributed by atoms with van der Waals surface area (Å²) >= 11 is 9.38. The first kappa shape index (κ1) is 13.4. The average Bonchev–Trinajstić information content (AvgIpc) is 2.38. The monoisotopic (exact) mass is 328 g/mol. The van der Waals surface area contributed by atoms with Crippen LogP contribution in [0.2, 0.25) is 5.02 Å². The minimum atomic E-state index is -0.367. The van der Waals surface area contributed by atoms with E-state index in [2.05, 4.69) is 15.9 Å². The van der Waals surface area contributed by atoms with Crippen LogP contribution in [-0.2, 0) is 0 Å². The van der Waals surface area contributed by atoms with Gasteiger partial charge < -0.3 is 4.74 Å². The van der Waals surface area contributed by atoms with E-state index < -0.39 is 0 Å². The van der Waals surface area contributed by atoms with Crippen LogP contribution in [0.1, 0.15) is 16.0 Å². The Bertz CT molecular complexity index is 542. The molecule has 1 nitrogen and oxygen atoms in total. The Kier molecular flexibility index (Phi) is 4.25. The van der Waals surface area contributed by atoms with Gasteiger partial charge in [0.25, 0.3) is 0 Å². The van der Waals surface area contributed by atoms with Crippen molar-refractivity contribution in [2.24, 2.45) is 0 Å². The van der Waals surface area contributed by atoms with Gasteiger partial charge in [0.05, 0.1) is 11.9 Å². The van der Waals surface area contributed by atoms with Gasteiger partial charge in [-0.25, -0.2) is 4.39 Å². The number of benzene rings is 2. The summed E-state index contributed by atoms with van der Waals surface area (Å²) in [6.45, 7) is 0. The van der Waals surface area contributed by atoms with Gasteiger partial charge >= 0.3 is 0 Å². The molecule has 0 amide bonds. The second-order valence-electron chi connectivity index (χ2n) is 3.81. The van der Waals surface area contributed by atoms with Crippen LogP contribution in [0, 0.1) is 5.82 Å². The van der Waals surface area contributed by atoms with E-state index in [9.17, 15) is 4.39 Å². The summed E-state index contributed by atoms with van der Waals surface area (Å²) in [5, 5.41) is 0.680. The number of methoxy groups -OCH3 is 1. The zero-order chi connectivity index (χ0) is 13.1. The Balaban J connectivity index is 2.31. The molecule has 94 valence electrons. The van der Waals surface area contributed by atoms with E-state index in [1.807, 2.05) is 30.3 Å². The van der Waals surface area contributed by atoms with E-state index in [0.717, 1.165) is 11.1 Å². The molecule has 1 unspecified atom stereocenters. The summed E-state index contributed by atoms with van der Waals surface area (Å²) in [5.74, 6) is -0.122. The third-order valence-corrected chi connectivity index (χ3v) is 3.94. The van der Waals surface area contributed by atoms with E-state index in [1.165, 1.54) is 13.2 Å². The highest BCUT2D eigenvalue weighted by Gasteiger charge is 2.13. The maximum absolute atomic E-state index is 13.6. The summed E-state index contributed by atoms with van der Waals surface area (Å²) in [4.78, 5) is -0.0739. The van der Waals surface area contributed by atoms with E-state index in [-0.39, 0.29) is 16.4 Å². The number of rotatable bonds is 3. The Labute approximate surface area is 119 Å². The van der Waals surface area contributed by atoms with Gasteiger partial charge in [0.15, 0.2) is 11.6 Å². The maximum Gasteiger partial charge on any atom is 0.165 e. The topological polar surface area (TPSA) is 9.23 Å². The van der Waals surface area contributed by atoms with Gasteiger partial charge in [-0.1, -0.05) is 45.7 Å². The fraction of sp³-hybridized carbons (Fsp3) is 0.143. The van der Waals surface area contributed by atoms with Crippen molar-refractivity contribution in [1.82, 2.24) is 0 Å². The second kappa shape index (κ2) is 5.72. The summed E-state index contributed by atoms with van der Waals surface area (Å²) in [5.41, 5.74) is 1.85. The summed E-state index contributed by atoms with van der Waals surface area (Å²) < 4.78 is 18.5. The van der Waals surface area contributed by atoms with Crippen molar-refractivity contribution in [3.05, 3.63) is 64.4 Å². The summed E-state index contributed by atoms with van der Waals surface area (Å²) in [6.07, 6.45) is 0. The summed E-state index contributed by atoms with van der Waals surface area (Å²) in [6, 6.07) is 12.3. The van der Waals surface area contributed by atoms with Crippen LogP contribution in [0.3, 0.4) is 0 Å². The number of hydrogen-bond acceptors (Lipinski definition) is 1. The van der Waals surface area contributed by atoms with E-state index in [4.69, 9.17) is 16.3 Å². The molecule has 0 radical (unpaired) electrons. The zero-order valence-electron chi connectivity index (χ0n) is 9.66. The van der Waals surface area contributed by atoms with Crippen LogP contribution in [-0.4, -0.2) is 7.11 Å². The Hall–Kier alpha value is -1.06. The largest absolute Gasteiger partial charge is 0.494 e. The minimum Gasteiger partial charge on any atom is -0.494 e. The van der Waals surface area contributed by atoms with Gasteiger partial charge in [-0.2, -0.15) is 0 Å². The lowest BCUT2D eigenvalue weighted by molar-refractivity contribution is 0.386. The molecule has 2 rings (SSSR count). The summed E-state index contributed by atoms with van der Waals surface area (Å²) in [7, 11) is 1.45. The third-order valence-electron chi connectivity index (χ3n) is 2.63. The predicted octanol–water partition coefficient (Wildman–Crippen LogP) is 4.97. The van der Waals surface area contributed by atoms with Crippen LogP contribution < -0.4 is 4.74 Å². The maximum atomic E-state index is 13.6. The number of ether oxygens (including phenoxy) is 1. The quantitative estimate of drug-likeness (QED) is 0.722. The van der Waals surface area contributed by atoms with E-state index in [0.29, 0.717) is 5.02 Å². The molecule has 2 aromatic carbocycles. The SMILES string of the molecule is COc1ccc(C(Br)c2ccc(Cl)cc2)cc1F. The molecule has 2 aromatic rings.